The first kappa shape index (κ1) is 19.3. The van der Waals surface area contributed by atoms with Gasteiger partial charge in [-0.15, -0.1) is 0 Å². The number of nitrogens with two attached hydrogens (primary N) is 1. The Morgan fingerprint density at radius 3 is 2.89 bits per heavy atom. The van der Waals surface area contributed by atoms with Gasteiger partial charge < -0.3 is 24.7 Å². The van der Waals surface area contributed by atoms with Gasteiger partial charge in [0, 0.05) is 0 Å². The lowest BCUT2D eigenvalue weighted by Crippen LogP contribution is -2.48. The van der Waals surface area contributed by atoms with Gasteiger partial charge in [-0.1, -0.05) is 0 Å². The van der Waals surface area contributed by atoms with E-state index in [0.717, 1.165) is 0 Å². The second-order valence-corrected chi connectivity index (χ2v) is 8.63. The van der Waals surface area contributed by atoms with Gasteiger partial charge in [0.05, 0.1) is 31.2 Å². The first-order valence-electron chi connectivity index (χ1n) is 9.41. The summed E-state index contributed by atoms with van der Waals surface area (Å²) in [5.74, 6) is 0.0177. The number of rotatable bonds is 5. The molecule has 2 aromatic heterocycles. The number of ether oxygens (including phenoxy) is 4. The first-order valence-corrected chi connectivity index (χ1v) is 9.41. The van der Waals surface area contributed by atoms with E-state index in [2.05, 4.69) is 15.0 Å². The topological polar surface area (TPSA) is 127 Å². The van der Waals surface area contributed by atoms with E-state index in [1.54, 1.807) is 4.57 Å². The van der Waals surface area contributed by atoms with Crippen LogP contribution in [0.25, 0.3) is 11.2 Å². The molecule has 2 aliphatic heterocycles. The molecule has 4 atom stereocenters. The number of nitrogens with one attached hydrogen (secondary N) is 1. The Kier molecular flexibility index (Phi) is 4.49. The molecule has 10 heteroatoms. The van der Waals surface area contributed by atoms with E-state index in [9.17, 15) is 4.79 Å². The highest BCUT2D eigenvalue weighted by molar-refractivity contribution is 5.70. The van der Waals surface area contributed by atoms with Crippen LogP contribution in [0.4, 0.5) is 5.95 Å². The number of nitrogen functional groups attached to an aromatic ring is 1. The third kappa shape index (κ3) is 3.20. The molecule has 2 aromatic rings. The van der Waals surface area contributed by atoms with E-state index in [-0.39, 0.29) is 35.4 Å². The van der Waals surface area contributed by atoms with Crippen LogP contribution in [0, 0.1) is 0 Å². The second-order valence-electron chi connectivity index (χ2n) is 8.63. The highest BCUT2D eigenvalue weighted by Gasteiger charge is 2.63. The molecular formula is C18H27N5O5. The van der Waals surface area contributed by atoms with Crippen LogP contribution in [0.1, 0.15) is 40.8 Å². The van der Waals surface area contributed by atoms with Crippen molar-refractivity contribution in [1.29, 1.82) is 0 Å². The van der Waals surface area contributed by atoms with Crippen LogP contribution < -0.4 is 11.3 Å². The maximum Gasteiger partial charge on any atom is 0.280 e. The van der Waals surface area contributed by atoms with Gasteiger partial charge in [0.1, 0.15) is 17.8 Å². The summed E-state index contributed by atoms with van der Waals surface area (Å²) in [5, 5.41) is 0. The minimum absolute atomic E-state index is 0.0123. The number of nitrogens with zero attached hydrogens (tertiary/aromatic N) is 3. The van der Waals surface area contributed by atoms with Crippen molar-refractivity contribution in [3.05, 3.63) is 16.7 Å². The molecule has 28 heavy (non-hydrogen) atoms. The lowest BCUT2D eigenvalue weighted by Gasteiger charge is -2.34. The molecule has 2 fully saturated rings. The molecule has 0 saturated carbocycles. The van der Waals surface area contributed by atoms with Crippen LogP contribution in [0.15, 0.2) is 11.1 Å². The number of hydrogen-bond acceptors (Lipinski definition) is 8. The number of imidazole rings is 1. The van der Waals surface area contributed by atoms with Gasteiger partial charge in [0.2, 0.25) is 5.95 Å². The molecule has 0 aliphatic carbocycles. The van der Waals surface area contributed by atoms with E-state index in [1.807, 2.05) is 34.6 Å². The van der Waals surface area contributed by atoms with Gasteiger partial charge in [-0.05, 0) is 34.6 Å². The molecule has 0 aromatic carbocycles. The number of fused-ring (bicyclic) bond motifs is 3. The van der Waals surface area contributed by atoms with Crippen LogP contribution in [0.3, 0.4) is 0 Å². The number of aromatic nitrogens is 4. The zero-order valence-corrected chi connectivity index (χ0v) is 16.8. The Morgan fingerprint density at radius 2 is 2.21 bits per heavy atom. The molecule has 2 saturated heterocycles. The largest absolute Gasteiger partial charge is 0.373 e. The van der Waals surface area contributed by atoms with E-state index >= 15 is 0 Å². The van der Waals surface area contributed by atoms with Gasteiger partial charge in [-0.2, -0.15) is 4.98 Å². The standard InChI is InChI=1S/C18H27N5O5/c1-9(2)27-12-11-15(28-18(12,6-25-11)7-26-17(3,4)5)23-8-20-10-13(23)21-16(19)22-14(10)24/h8-9,11-12,15H,6-7H2,1-5H3,(H3,19,21,22,24)/t11?,12?,15-,18-/m1/s1. The minimum Gasteiger partial charge on any atom is -0.373 e. The Bertz CT molecular complexity index is 933. The van der Waals surface area contributed by atoms with E-state index in [0.29, 0.717) is 18.9 Å². The Morgan fingerprint density at radius 1 is 1.46 bits per heavy atom. The molecule has 2 unspecified atom stereocenters. The average molecular weight is 393 g/mol. The summed E-state index contributed by atoms with van der Waals surface area (Å²) in [6.45, 7) is 10.6. The maximum atomic E-state index is 12.1. The maximum absolute atomic E-state index is 12.1. The molecule has 4 rings (SSSR count). The summed E-state index contributed by atoms with van der Waals surface area (Å²) in [4.78, 5) is 23.0. The number of aromatic amines is 1. The Hall–Kier alpha value is -2.01. The minimum atomic E-state index is -0.754. The van der Waals surface area contributed by atoms with Gasteiger partial charge in [0.15, 0.2) is 17.4 Å². The summed E-state index contributed by atoms with van der Waals surface area (Å²) < 4.78 is 26.4. The molecule has 0 amide bonds. The van der Waals surface area contributed by atoms with Crippen molar-refractivity contribution >= 4 is 17.1 Å². The van der Waals surface area contributed by atoms with Crippen LogP contribution in [-0.2, 0) is 18.9 Å². The van der Waals surface area contributed by atoms with E-state index in [1.165, 1.54) is 6.33 Å². The third-order valence-electron chi connectivity index (χ3n) is 4.87. The monoisotopic (exact) mass is 393 g/mol. The SMILES string of the molecule is CC(C)OC1C2OC[C@]1(COC(C)(C)C)O[C@H]2n1cnc2c(=O)[nH]c(N)nc21. The van der Waals surface area contributed by atoms with Gasteiger partial charge in [0.25, 0.3) is 5.56 Å². The fourth-order valence-electron chi connectivity index (χ4n) is 3.68. The Labute approximate surface area is 162 Å². The quantitative estimate of drug-likeness (QED) is 0.770. The van der Waals surface area contributed by atoms with Crippen molar-refractivity contribution in [3.63, 3.8) is 0 Å². The second kappa shape index (κ2) is 6.51. The summed E-state index contributed by atoms with van der Waals surface area (Å²) >= 11 is 0. The van der Waals surface area contributed by atoms with Gasteiger partial charge in [-0.25, -0.2) is 4.98 Å². The van der Waals surface area contributed by atoms with E-state index in [4.69, 9.17) is 24.7 Å². The predicted octanol–water partition coefficient (Wildman–Crippen LogP) is 0.977. The number of hydrogen-bond donors (Lipinski definition) is 2. The van der Waals surface area contributed by atoms with Crippen LogP contribution in [0.5, 0.6) is 0 Å². The molecule has 0 spiro atoms. The van der Waals surface area contributed by atoms with Crippen LogP contribution >= 0.6 is 0 Å². The number of H-pyrrole nitrogens is 1. The third-order valence-corrected chi connectivity index (χ3v) is 4.87. The highest BCUT2D eigenvalue weighted by atomic mass is 16.7. The smallest absolute Gasteiger partial charge is 0.280 e. The summed E-state index contributed by atoms with van der Waals surface area (Å²) in [6.07, 6.45) is 0.245. The fraction of sp³-hybridized carbons (Fsp3) is 0.722. The van der Waals surface area contributed by atoms with Gasteiger partial charge in [-0.3, -0.25) is 14.3 Å². The van der Waals surface area contributed by atoms with Crippen molar-refractivity contribution in [2.24, 2.45) is 0 Å². The lowest BCUT2D eigenvalue weighted by atomic mass is 9.99. The molecular weight excluding hydrogens is 366 g/mol. The predicted molar refractivity (Wildman–Crippen MR) is 101 cm³/mol. The van der Waals surface area contributed by atoms with Gasteiger partial charge >= 0.3 is 0 Å². The fourth-order valence-corrected chi connectivity index (χ4v) is 3.68. The summed E-state index contributed by atoms with van der Waals surface area (Å²) in [7, 11) is 0. The van der Waals surface area contributed by atoms with Crippen molar-refractivity contribution in [2.45, 2.75) is 70.4 Å². The van der Waals surface area contributed by atoms with Crippen molar-refractivity contribution in [3.8, 4) is 0 Å². The first-order chi connectivity index (χ1) is 13.1. The molecule has 2 bridgehead atoms. The zero-order valence-electron chi connectivity index (χ0n) is 16.8. The summed E-state index contributed by atoms with van der Waals surface area (Å²) in [5.41, 5.74) is 4.78. The van der Waals surface area contributed by atoms with E-state index < -0.39 is 17.4 Å². The highest BCUT2D eigenvalue weighted by Crippen LogP contribution is 2.48. The number of anilines is 1. The van der Waals surface area contributed by atoms with Crippen LogP contribution in [0.2, 0.25) is 0 Å². The molecule has 3 N–H and O–H groups in total. The lowest BCUT2D eigenvalue weighted by molar-refractivity contribution is -0.206. The molecule has 2 aliphatic rings. The van der Waals surface area contributed by atoms with Crippen LogP contribution in [-0.4, -0.2) is 62.2 Å². The molecule has 4 heterocycles. The normalized spacial score (nSPS) is 30.0. The average Bonchev–Trinajstić information content (AvgIpc) is 3.22. The summed E-state index contributed by atoms with van der Waals surface area (Å²) in [6, 6.07) is 0. The molecule has 10 nitrogen and oxygen atoms in total. The van der Waals surface area contributed by atoms with Crippen molar-refractivity contribution in [1.82, 2.24) is 19.5 Å². The molecule has 0 radical (unpaired) electrons. The Balaban J connectivity index is 1.71. The van der Waals surface area contributed by atoms with Crippen molar-refractivity contribution < 1.29 is 18.9 Å². The van der Waals surface area contributed by atoms with Crippen molar-refractivity contribution in [2.75, 3.05) is 18.9 Å². The molecule has 154 valence electrons. The zero-order chi connectivity index (χ0) is 20.3.